The van der Waals surface area contributed by atoms with Crippen LogP contribution < -0.4 is 16.0 Å². The van der Waals surface area contributed by atoms with E-state index in [4.69, 9.17) is 4.99 Å². The number of carbonyl (C=O) groups is 2. The van der Waals surface area contributed by atoms with Crippen LogP contribution in [0.1, 0.15) is 52.0 Å². The van der Waals surface area contributed by atoms with Crippen LogP contribution in [0.4, 0.5) is 5.69 Å². The molecule has 1 saturated heterocycles. The van der Waals surface area contributed by atoms with E-state index in [0.29, 0.717) is 13.1 Å². The molecule has 1 aromatic carbocycles. The van der Waals surface area contributed by atoms with Gasteiger partial charge in [0.2, 0.25) is 11.8 Å². The van der Waals surface area contributed by atoms with Gasteiger partial charge in [-0.2, -0.15) is 0 Å². The van der Waals surface area contributed by atoms with Crippen LogP contribution >= 0.6 is 0 Å². The second-order valence-corrected chi connectivity index (χ2v) is 8.58. The third kappa shape index (κ3) is 5.97. The second kappa shape index (κ2) is 10.5. The third-order valence-electron chi connectivity index (χ3n) is 5.77. The summed E-state index contributed by atoms with van der Waals surface area (Å²) in [7, 11) is 0. The Hall–Kier alpha value is -2.57. The molecule has 3 rings (SSSR count). The van der Waals surface area contributed by atoms with Crippen molar-refractivity contribution < 1.29 is 9.59 Å². The lowest BCUT2D eigenvalue weighted by atomic mass is 9.85. The van der Waals surface area contributed by atoms with Gasteiger partial charge in [-0.05, 0) is 43.9 Å². The van der Waals surface area contributed by atoms with Crippen LogP contribution in [0.2, 0.25) is 0 Å². The summed E-state index contributed by atoms with van der Waals surface area (Å²) in [6, 6.07) is 8.09. The molecule has 2 amide bonds. The Bertz CT molecular complexity index is 773. The fourth-order valence-electron chi connectivity index (χ4n) is 3.79. The normalized spacial score (nSPS) is 19.5. The zero-order valence-corrected chi connectivity index (χ0v) is 18.4. The first-order valence-corrected chi connectivity index (χ1v) is 11.2. The van der Waals surface area contributed by atoms with Gasteiger partial charge in [-0.15, -0.1) is 0 Å². The van der Waals surface area contributed by atoms with Gasteiger partial charge in [-0.1, -0.05) is 32.4 Å². The molecule has 1 heterocycles. The van der Waals surface area contributed by atoms with Crippen LogP contribution in [-0.4, -0.2) is 48.3 Å². The number of amides is 2. The fraction of sp³-hybridized carbons (Fsp3) is 0.609. The van der Waals surface area contributed by atoms with E-state index in [9.17, 15) is 9.59 Å². The lowest BCUT2D eigenvalue weighted by Gasteiger charge is -2.24. The number of carbonyl (C=O) groups excluding carboxylic acids is 2. The van der Waals surface area contributed by atoms with E-state index < -0.39 is 0 Å². The molecule has 1 saturated carbocycles. The van der Waals surface area contributed by atoms with E-state index in [2.05, 4.69) is 16.0 Å². The molecule has 7 nitrogen and oxygen atoms in total. The number of aliphatic imine (C=N–C) groups is 1. The topological polar surface area (TPSA) is 85.8 Å². The van der Waals surface area contributed by atoms with Gasteiger partial charge in [0.1, 0.15) is 0 Å². The molecule has 1 unspecified atom stereocenters. The van der Waals surface area contributed by atoms with Crippen molar-refractivity contribution in [2.45, 2.75) is 59.0 Å². The van der Waals surface area contributed by atoms with Gasteiger partial charge in [0.15, 0.2) is 5.96 Å². The Morgan fingerprint density at radius 3 is 2.70 bits per heavy atom. The van der Waals surface area contributed by atoms with E-state index in [0.717, 1.165) is 56.0 Å². The van der Waals surface area contributed by atoms with Gasteiger partial charge in [0, 0.05) is 43.2 Å². The molecule has 1 aliphatic carbocycles. The van der Waals surface area contributed by atoms with Gasteiger partial charge in [0.05, 0.1) is 6.54 Å². The number of nitrogens with one attached hydrogen (secondary N) is 3. The van der Waals surface area contributed by atoms with Crippen molar-refractivity contribution in [1.82, 2.24) is 15.5 Å². The first kappa shape index (κ1) is 22.1. The van der Waals surface area contributed by atoms with Gasteiger partial charge in [-0.3, -0.25) is 9.59 Å². The SMILES string of the molecule is CCNC(=NCc1cccc(NC(=O)C2CCC2)c1)NC1CCN(C(=O)C(C)C)C1. The van der Waals surface area contributed by atoms with Crippen LogP contribution in [0.5, 0.6) is 0 Å². The highest BCUT2D eigenvalue weighted by Crippen LogP contribution is 2.27. The molecule has 7 heteroatoms. The van der Waals surface area contributed by atoms with Crippen molar-refractivity contribution in [1.29, 1.82) is 0 Å². The summed E-state index contributed by atoms with van der Waals surface area (Å²) in [6.45, 7) is 8.71. The molecule has 0 radical (unpaired) electrons. The summed E-state index contributed by atoms with van der Waals surface area (Å²) < 4.78 is 0. The van der Waals surface area contributed by atoms with Gasteiger partial charge < -0.3 is 20.9 Å². The first-order valence-electron chi connectivity index (χ1n) is 11.2. The predicted molar refractivity (Wildman–Crippen MR) is 120 cm³/mol. The second-order valence-electron chi connectivity index (χ2n) is 8.58. The van der Waals surface area contributed by atoms with E-state index in [1.165, 1.54) is 0 Å². The molecule has 1 aromatic rings. The third-order valence-corrected chi connectivity index (χ3v) is 5.77. The highest BCUT2D eigenvalue weighted by Gasteiger charge is 2.28. The maximum atomic E-state index is 12.2. The van der Waals surface area contributed by atoms with E-state index in [1.54, 1.807) is 0 Å². The number of likely N-dealkylation sites (tertiary alicyclic amines) is 1. The Morgan fingerprint density at radius 2 is 2.03 bits per heavy atom. The van der Waals surface area contributed by atoms with Crippen molar-refractivity contribution in [3.05, 3.63) is 29.8 Å². The zero-order chi connectivity index (χ0) is 21.5. The predicted octanol–water partition coefficient (Wildman–Crippen LogP) is 2.74. The first-order chi connectivity index (χ1) is 14.5. The molecular formula is C23H35N5O2. The van der Waals surface area contributed by atoms with Crippen molar-refractivity contribution in [3.8, 4) is 0 Å². The average Bonchev–Trinajstić information content (AvgIpc) is 3.13. The number of anilines is 1. The minimum Gasteiger partial charge on any atom is -0.357 e. The Labute approximate surface area is 179 Å². The van der Waals surface area contributed by atoms with Crippen LogP contribution in [0.25, 0.3) is 0 Å². The number of hydrogen-bond acceptors (Lipinski definition) is 3. The summed E-state index contributed by atoms with van der Waals surface area (Å²) in [5.74, 6) is 1.29. The molecule has 2 fully saturated rings. The van der Waals surface area contributed by atoms with Crippen molar-refractivity contribution in [3.63, 3.8) is 0 Å². The summed E-state index contributed by atoms with van der Waals surface area (Å²) in [4.78, 5) is 31.0. The Balaban J connectivity index is 1.56. The monoisotopic (exact) mass is 413 g/mol. The van der Waals surface area contributed by atoms with Crippen LogP contribution in [0, 0.1) is 11.8 Å². The fourth-order valence-corrected chi connectivity index (χ4v) is 3.79. The summed E-state index contributed by atoms with van der Waals surface area (Å²) in [5, 5.41) is 9.78. The number of hydrogen-bond donors (Lipinski definition) is 3. The molecule has 3 N–H and O–H groups in total. The molecule has 2 aliphatic rings. The highest BCUT2D eigenvalue weighted by molar-refractivity contribution is 5.93. The lowest BCUT2D eigenvalue weighted by Crippen LogP contribution is -2.45. The molecule has 0 aromatic heterocycles. The van der Waals surface area contributed by atoms with Gasteiger partial charge in [-0.25, -0.2) is 4.99 Å². The summed E-state index contributed by atoms with van der Waals surface area (Å²) in [5.41, 5.74) is 1.87. The van der Waals surface area contributed by atoms with Gasteiger partial charge in [0.25, 0.3) is 0 Å². The van der Waals surface area contributed by atoms with Crippen LogP contribution in [0.3, 0.4) is 0 Å². The summed E-state index contributed by atoms with van der Waals surface area (Å²) in [6.07, 6.45) is 4.06. The maximum absolute atomic E-state index is 12.2. The number of rotatable bonds is 7. The molecule has 1 aliphatic heterocycles. The molecule has 30 heavy (non-hydrogen) atoms. The van der Waals surface area contributed by atoms with Crippen molar-refractivity contribution >= 4 is 23.5 Å². The number of benzene rings is 1. The highest BCUT2D eigenvalue weighted by atomic mass is 16.2. The van der Waals surface area contributed by atoms with Crippen molar-refractivity contribution in [2.75, 3.05) is 25.0 Å². The Morgan fingerprint density at radius 1 is 1.23 bits per heavy atom. The van der Waals surface area contributed by atoms with E-state index >= 15 is 0 Å². The smallest absolute Gasteiger partial charge is 0.227 e. The summed E-state index contributed by atoms with van der Waals surface area (Å²) >= 11 is 0. The van der Waals surface area contributed by atoms with Gasteiger partial charge >= 0.3 is 0 Å². The minimum absolute atomic E-state index is 0.0303. The van der Waals surface area contributed by atoms with Crippen molar-refractivity contribution in [2.24, 2.45) is 16.8 Å². The largest absolute Gasteiger partial charge is 0.357 e. The van der Waals surface area contributed by atoms with Crippen LogP contribution in [-0.2, 0) is 16.1 Å². The lowest BCUT2D eigenvalue weighted by molar-refractivity contribution is -0.133. The maximum Gasteiger partial charge on any atom is 0.227 e. The molecule has 164 valence electrons. The number of guanidine groups is 1. The molecule has 0 spiro atoms. The quantitative estimate of drug-likeness (QED) is 0.474. The minimum atomic E-state index is 0.0303. The average molecular weight is 414 g/mol. The number of nitrogens with zero attached hydrogens (tertiary/aromatic N) is 2. The standard InChI is InChI=1S/C23H35N5O2/c1-4-24-23(27-20-11-12-28(15-20)22(30)16(2)3)25-14-17-7-5-10-19(13-17)26-21(29)18-8-6-9-18/h5,7,10,13,16,18,20H,4,6,8-9,11-12,14-15H2,1-3H3,(H,26,29)(H2,24,25,27). The van der Waals surface area contributed by atoms with E-state index in [1.807, 2.05) is 49.9 Å². The molecular weight excluding hydrogens is 378 g/mol. The van der Waals surface area contributed by atoms with E-state index in [-0.39, 0.29) is 29.7 Å². The zero-order valence-electron chi connectivity index (χ0n) is 18.4. The van der Waals surface area contributed by atoms with Crippen LogP contribution in [0.15, 0.2) is 29.3 Å². The Kier molecular flexibility index (Phi) is 7.71. The molecule has 1 atom stereocenters. The molecule has 0 bridgehead atoms.